The Morgan fingerprint density at radius 1 is 1.14 bits per heavy atom. The van der Waals surface area contributed by atoms with E-state index >= 15 is 0 Å². The molecule has 0 N–H and O–H groups in total. The summed E-state index contributed by atoms with van der Waals surface area (Å²) in [5.41, 5.74) is 0.753. The minimum Gasteiger partial charge on any atom is -0.465 e. The van der Waals surface area contributed by atoms with Crippen LogP contribution in [-0.2, 0) is 19.1 Å². The predicted octanol–water partition coefficient (Wildman–Crippen LogP) is 2.69. The zero-order valence-electron chi connectivity index (χ0n) is 13.3. The summed E-state index contributed by atoms with van der Waals surface area (Å²) < 4.78 is 10.1. The van der Waals surface area contributed by atoms with E-state index in [4.69, 9.17) is 21.1 Å². The van der Waals surface area contributed by atoms with E-state index in [1.54, 1.807) is 51.0 Å². The molecule has 0 radical (unpaired) electrons. The van der Waals surface area contributed by atoms with Gasteiger partial charge in [-0.2, -0.15) is 0 Å². The first-order chi connectivity index (χ1) is 10.4. The Morgan fingerprint density at radius 3 is 2.09 bits per heavy atom. The third kappa shape index (κ3) is 4.71. The van der Waals surface area contributed by atoms with E-state index in [0.29, 0.717) is 5.02 Å². The fraction of sp³-hybridized carbons (Fsp3) is 0.500. The highest BCUT2D eigenvalue weighted by molar-refractivity contribution is 6.30. The standard InChI is InChI=1S/C16H22ClNO4/c1-5-21-15(19)13(16(20)22-6-2)14(18(3)4)11-8-7-9-12(17)10-11/h7-10,13-14H,5-6H2,1-4H3/t14-/m1/s1. The molecule has 0 fully saturated rings. The Morgan fingerprint density at radius 2 is 1.68 bits per heavy atom. The second kappa shape index (κ2) is 8.76. The van der Waals surface area contributed by atoms with Gasteiger partial charge in [-0.15, -0.1) is 0 Å². The average molecular weight is 328 g/mol. The van der Waals surface area contributed by atoms with Crippen LogP contribution >= 0.6 is 11.6 Å². The maximum absolute atomic E-state index is 12.3. The van der Waals surface area contributed by atoms with Gasteiger partial charge in [0.1, 0.15) is 0 Å². The third-order valence-electron chi connectivity index (χ3n) is 3.14. The summed E-state index contributed by atoms with van der Waals surface area (Å²) in [4.78, 5) is 26.3. The van der Waals surface area contributed by atoms with Crippen LogP contribution < -0.4 is 0 Å². The molecule has 1 aromatic rings. The molecule has 0 aliphatic carbocycles. The highest BCUT2D eigenvalue weighted by Gasteiger charge is 2.39. The Hall–Kier alpha value is -1.59. The molecule has 0 aromatic heterocycles. The van der Waals surface area contributed by atoms with Crippen LogP contribution in [0.2, 0.25) is 5.02 Å². The van der Waals surface area contributed by atoms with E-state index in [2.05, 4.69) is 0 Å². The zero-order valence-corrected chi connectivity index (χ0v) is 14.1. The molecule has 6 heteroatoms. The van der Waals surface area contributed by atoms with Gasteiger partial charge in [-0.3, -0.25) is 9.59 Å². The van der Waals surface area contributed by atoms with Gasteiger partial charge in [0.15, 0.2) is 5.92 Å². The average Bonchev–Trinajstić information content (AvgIpc) is 2.44. The Bertz CT molecular complexity index is 501. The van der Waals surface area contributed by atoms with Crippen molar-refractivity contribution in [2.45, 2.75) is 19.9 Å². The Balaban J connectivity index is 3.25. The van der Waals surface area contributed by atoms with Crippen LogP contribution in [0.4, 0.5) is 0 Å². The lowest BCUT2D eigenvalue weighted by Gasteiger charge is -2.30. The van der Waals surface area contributed by atoms with Crippen LogP contribution in [-0.4, -0.2) is 44.1 Å². The van der Waals surface area contributed by atoms with Crippen LogP contribution in [0.25, 0.3) is 0 Å². The van der Waals surface area contributed by atoms with Crippen LogP contribution in [0.3, 0.4) is 0 Å². The second-order valence-electron chi connectivity index (χ2n) is 4.95. The molecule has 0 aliphatic heterocycles. The molecule has 0 unspecified atom stereocenters. The van der Waals surface area contributed by atoms with Crippen LogP contribution in [0.5, 0.6) is 0 Å². The van der Waals surface area contributed by atoms with Gasteiger partial charge in [0, 0.05) is 5.02 Å². The molecule has 1 atom stereocenters. The van der Waals surface area contributed by atoms with Crippen molar-refractivity contribution in [1.82, 2.24) is 4.90 Å². The highest BCUT2D eigenvalue weighted by Crippen LogP contribution is 2.30. The topological polar surface area (TPSA) is 55.8 Å². The zero-order chi connectivity index (χ0) is 16.7. The van der Waals surface area contributed by atoms with Gasteiger partial charge in [-0.05, 0) is 45.6 Å². The number of hydrogen-bond acceptors (Lipinski definition) is 5. The van der Waals surface area contributed by atoms with Gasteiger partial charge in [0.25, 0.3) is 0 Å². The normalized spacial score (nSPS) is 12.3. The SMILES string of the molecule is CCOC(=O)C(C(=O)OCC)[C@@H](c1cccc(Cl)c1)N(C)C. The lowest BCUT2D eigenvalue weighted by molar-refractivity contribution is -0.165. The van der Waals surface area contributed by atoms with E-state index in [-0.39, 0.29) is 13.2 Å². The minimum atomic E-state index is -1.06. The van der Waals surface area contributed by atoms with Gasteiger partial charge in [0.2, 0.25) is 0 Å². The number of carbonyl (C=O) groups is 2. The maximum atomic E-state index is 12.3. The van der Waals surface area contributed by atoms with Gasteiger partial charge >= 0.3 is 11.9 Å². The molecule has 122 valence electrons. The largest absolute Gasteiger partial charge is 0.465 e. The molecular weight excluding hydrogens is 306 g/mol. The molecule has 0 aliphatic rings. The molecule has 0 amide bonds. The van der Waals surface area contributed by atoms with E-state index in [9.17, 15) is 9.59 Å². The maximum Gasteiger partial charge on any atom is 0.322 e. The number of hydrogen-bond donors (Lipinski definition) is 0. The van der Waals surface area contributed by atoms with Crippen molar-refractivity contribution >= 4 is 23.5 Å². The summed E-state index contributed by atoms with van der Waals surface area (Å²) in [5.74, 6) is -2.26. The first-order valence-corrected chi connectivity index (χ1v) is 7.55. The molecule has 0 saturated carbocycles. The smallest absolute Gasteiger partial charge is 0.322 e. The summed E-state index contributed by atoms with van der Waals surface area (Å²) in [6.07, 6.45) is 0. The highest BCUT2D eigenvalue weighted by atomic mass is 35.5. The van der Waals surface area contributed by atoms with Gasteiger partial charge in [-0.1, -0.05) is 23.7 Å². The quantitative estimate of drug-likeness (QED) is 0.569. The first-order valence-electron chi connectivity index (χ1n) is 7.17. The molecule has 1 rings (SSSR count). The van der Waals surface area contributed by atoms with Gasteiger partial charge < -0.3 is 14.4 Å². The Labute approximate surface area is 136 Å². The fourth-order valence-corrected chi connectivity index (χ4v) is 2.50. The fourth-order valence-electron chi connectivity index (χ4n) is 2.30. The van der Waals surface area contributed by atoms with Gasteiger partial charge in [0.05, 0.1) is 19.3 Å². The van der Waals surface area contributed by atoms with Crippen molar-refractivity contribution in [2.75, 3.05) is 27.3 Å². The summed E-state index contributed by atoms with van der Waals surface area (Å²) in [6, 6.07) is 6.56. The third-order valence-corrected chi connectivity index (χ3v) is 3.38. The summed E-state index contributed by atoms with van der Waals surface area (Å²) in [6.45, 7) is 3.79. The molecule has 0 bridgehead atoms. The molecule has 0 spiro atoms. The molecule has 0 heterocycles. The van der Waals surface area contributed by atoms with Crippen molar-refractivity contribution in [3.63, 3.8) is 0 Å². The van der Waals surface area contributed by atoms with Crippen molar-refractivity contribution in [1.29, 1.82) is 0 Å². The molecule has 0 saturated heterocycles. The van der Waals surface area contributed by atoms with E-state index < -0.39 is 23.9 Å². The summed E-state index contributed by atoms with van der Waals surface area (Å²) in [5, 5.41) is 0.538. The summed E-state index contributed by atoms with van der Waals surface area (Å²) >= 11 is 6.03. The lowest BCUT2D eigenvalue weighted by Crippen LogP contribution is -2.39. The number of esters is 2. The molecule has 5 nitrogen and oxygen atoms in total. The molecular formula is C16H22ClNO4. The number of rotatable bonds is 7. The second-order valence-corrected chi connectivity index (χ2v) is 5.38. The minimum absolute atomic E-state index is 0.199. The van der Waals surface area contributed by atoms with Crippen molar-refractivity contribution in [3.05, 3.63) is 34.9 Å². The van der Waals surface area contributed by atoms with Crippen molar-refractivity contribution < 1.29 is 19.1 Å². The van der Waals surface area contributed by atoms with Gasteiger partial charge in [-0.25, -0.2) is 0 Å². The van der Waals surface area contributed by atoms with Crippen LogP contribution in [0, 0.1) is 5.92 Å². The van der Waals surface area contributed by atoms with Crippen molar-refractivity contribution in [3.8, 4) is 0 Å². The number of halogens is 1. The number of benzene rings is 1. The molecule has 1 aromatic carbocycles. The Kier molecular flexibility index (Phi) is 7.35. The molecule has 22 heavy (non-hydrogen) atoms. The number of ether oxygens (including phenoxy) is 2. The summed E-state index contributed by atoms with van der Waals surface area (Å²) in [7, 11) is 3.58. The lowest BCUT2D eigenvalue weighted by atomic mass is 9.92. The van der Waals surface area contributed by atoms with Crippen LogP contribution in [0.1, 0.15) is 25.5 Å². The van der Waals surface area contributed by atoms with E-state index in [1.807, 2.05) is 6.07 Å². The number of nitrogens with zero attached hydrogens (tertiary/aromatic N) is 1. The number of carbonyl (C=O) groups excluding carboxylic acids is 2. The first kappa shape index (κ1) is 18.5. The van der Waals surface area contributed by atoms with Crippen LogP contribution in [0.15, 0.2) is 24.3 Å². The van der Waals surface area contributed by atoms with E-state index in [0.717, 1.165) is 5.56 Å². The van der Waals surface area contributed by atoms with E-state index in [1.165, 1.54) is 0 Å². The monoisotopic (exact) mass is 327 g/mol. The van der Waals surface area contributed by atoms with Crippen molar-refractivity contribution in [2.24, 2.45) is 5.92 Å². The predicted molar refractivity (Wildman–Crippen MR) is 84.6 cm³/mol.